The van der Waals surface area contributed by atoms with Gasteiger partial charge in [-0.05, 0) is 54.4 Å². The Morgan fingerprint density at radius 2 is 1.62 bits per heavy atom. The number of hydrogen-bond acceptors (Lipinski definition) is 5. The van der Waals surface area contributed by atoms with E-state index in [0.29, 0.717) is 11.3 Å². The zero-order chi connectivity index (χ0) is 24.3. The first-order valence-electron chi connectivity index (χ1n) is 10.4. The number of halogens is 1. The van der Waals surface area contributed by atoms with E-state index >= 15 is 0 Å². The molecule has 0 radical (unpaired) electrons. The number of para-hydroxylation sites is 1. The number of carbonyl (C=O) groups is 3. The van der Waals surface area contributed by atoms with E-state index in [9.17, 15) is 18.8 Å². The van der Waals surface area contributed by atoms with Gasteiger partial charge in [0.1, 0.15) is 11.6 Å². The van der Waals surface area contributed by atoms with E-state index in [1.807, 2.05) is 37.3 Å². The molecule has 0 aliphatic carbocycles. The van der Waals surface area contributed by atoms with Gasteiger partial charge >= 0.3 is 11.8 Å². The molecule has 8 nitrogen and oxygen atoms in total. The standard InChI is InChI=1S/C25H23FN4O4/c1-17(19-7-3-2-4-8-19)28-23(31)16-34-20-13-11-18(12-14-20)15-27-30-25(33)24(32)29-22-10-6-5-9-21(22)26/h2-15,17H,16H2,1H3,(H,28,31)(H,29,32)(H,30,33)/b27-15-/t17-/m1/s1. The minimum absolute atomic E-state index is 0.106. The minimum Gasteiger partial charge on any atom is -0.484 e. The third kappa shape index (κ3) is 7.27. The first-order chi connectivity index (χ1) is 16.4. The number of benzene rings is 3. The summed E-state index contributed by atoms with van der Waals surface area (Å²) in [5.74, 6) is -2.52. The van der Waals surface area contributed by atoms with Crippen molar-refractivity contribution in [2.75, 3.05) is 11.9 Å². The predicted molar refractivity (Wildman–Crippen MR) is 126 cm³/mol. The normalized spacial score (nSPS) is 11.5. The molecule has 0 aliphatic heterocycles. The highest BCUT2D eigenvalue weighted by molar-refractivity contribution is 6.39. The van der Waals surface area contributed by atoms with Crippen LogP contribution in [0.2, 0.25) is 0 Å². The molecule has 3 aromatic carbocycles. The Morgan fingerprint density at radius 3 is 2.32 bits per heavy atom. The highest BCUT2D eigenvalue weighted by Gasteiger charge is 2.14. The van der Waals surface area contributed by atoms with E-state index in [-0.39, 0.29) is 24.2 Å². The van der Waals surface area contributed by atoms with E-state index in [1.165, 1.54) is 24.4 Å². The molecule has 0 aliphatic rings. The van der Waals surface area contributed by atoms with Crippen molar-refractivity contribution in [3.63, 3.8) is 0 Å². The number of hydrazone groups is 1. The molecule has 34 heavy (non-hydrogen) atoms. The van der Waals surface area contributed by atoms with Gasteiger partial charge in [0.05, 0.1) is 17.9 Å². The van der Waals surface area contributed by atoms with Crippen molar-refractivity contribution in [1.82, 2.24) is 10.7 Å². The maximum absolute atomic E-state index is 13.5. The number of carbonyl (C=O) groups excluding carboxylic acids is 3. The van der Waals surface area contributed by atoms with Gasteiger partial charge in [-0.15, -0.1) is 0 Å². The van der Waals surface area contributed by atoms with E-state index in [0.717, 1.165) is 11.6 Å². The number of anilines is 1. The molecule has 9 heteroatoms. The van der Waals surface area contributed by atoms with Crippen LogP contribution in [0, 0.1) is 5.82 Å². The molecular formula is C25H23FN4O4. The lowest BCUT2D eigenvalue weighted by Crippen LogP contribution is -2.32. The van der Waals surface area contributed by atoms with Crippen molar-refractivity contribution in [3.8, 4) is 5.75 Å². The van der Waals surface area contributed by atoms with Crippen LogP contribution in [0.3, 0.4) is 0 Å². The Bertz CT molecular complexity index is 1170. The highest BCUT2D eigenvalue weighted by atomic mass is 19.1. The third-order valence-electron chi connectivity index (χ3n) is 4.64. The van der Waals surface area contributed by atoms with Crippen LogP contribution in [-0.4, -0.2) is 30.5 Å². The van der Waals surface area contributed by atoms with Crippen LogP contribution in [0.25, 0.3) is 0 Å². The molecule has 3 rings (SSSR count). The van der Waals surface area contributed by atoms with Crippen LogP contribution in [0.5, 0.6) is 5.75 Å². The average molecular weight is 462 g/mol. The zero-order valence-electron chi connectivity index (χ0n) is 18.3. The molecule has 0 heterocycles. The monoisotopic (exact) mass is 462 g/mol. The Balaban J connectivity index is 1.42. The Morgan fingerprint density at radius 1 is 0.941 bits per heavy atom. The summed E-state index contributed by atoms with van der Waals surface area (Å²) in [4.78, 5) is 35.7. The fourth-order valence-corrected chi connectivity index (χ4v) is 2.87. The molecule has 3 N–H and O–H groups in total. The van der Waals surface area contributed by atoms with Crippen molar-refractivity contribution >= 4 is 29.6 Å². The molecule has 174 valence electrons. The van der Waals surface area contributed by atoms with Gasteiger partial charge in [0.15, 0.2) is 6.61 Å². The van der Waals surface area contributed by atoms with Crippen LogP contribution >= 0.6 is 0 Å². The van der Waals surface area contributed by atoms with Crippen molar-refractivity contribution in [2.24, 2.45) is 5.10 Å². The van der Waals surface area contributed by atoms with Gasteiger partial charge < -0.3 is 15.4 Å². The second-order valence-corrected chi connectivity index (χ2v) is 7.19. The maximum Gasteiger partial charge on any atom is 0.329 e. The van der Waals surface area contributed by atoms with Gasteiger partial charge in [0.25, 0.3) is 5.91 Å². The predicted octanol–water partition coefficient (Wildman–Crippen LogP) is 3.17. The summed E-state index contributed by atoms with van der Waals surface area (Å²) < 4.78 is 19.0. The summed E-state index contributed by atoms with van der Waals surface area (Å²) >= 11 is 0. The molecule has 1 atom stereocenters. The molecule has 3 amide bonds. The number of hydrogen-bond donors (Lipinski definition) is 3. The summed E-state index contributed by atoms with van der Waals surface area (Å²) in [7, 11) is 0. The van der Waals surface area contributed by atoms with Gasteiger partial charge in [0.2, 0.25) is 0 Å². The average Bonchev–Trinajstić information content (AvgIpc) is 2.85. The molecule has 0 fully saturated rings. The third-order valence-corrected chi connectivity index (χ3v) is 4.64. The topological polar surface area (TPSA) is 109 Å². The molecule has 0 saturated heterocycles. The van der Waals surface area contributed by atoms with Crippen LogP contribution in [0.1, 0.15) is 24.1 Å². The highest BCUT2D eigenvalue weighted by Crippen LogP contribution is 2.13. The van der Waals surface area contributed by atoms with Gasteiger partial charge in [-0.25, -0.2) is 9.82 Å². The van der Waals surface area contributed by atoms with Crippen molar-refractivity contribution < 1.29 is 23.5 Å². The summed E-state index contributed by atoms with van der Waals surface area (Å²) in [6.45, 7) is 1.75. The molecule has 0 spiro atoms. The molecule has 0 aromatic heterocycles. The van der Waals surface area contributed by atoms with E-state index in [4.69, 9.17) is 4.74 Å². The lowest BCUT2D eigenvalue weighted by atomic mass is 10.1. The number of nitrogens with zero attached hydrogens (tertiary/aromatic N) is 1. The van der Waals surface area contributed by atoms with Gasteiger partial charge in [0, 0.05) is 0 Å². The van der Waals surface area contributed by atoms with Crippen LogP contribution < -0.4 is 20.8 Å². The number of ether oxygens (including phenoxy) is 1. The fraction of sp³-hybridized carbons (Fsp3) is 0.120. The maximum atomic E-state index is 13.5. The molecule has 3 aromatic rings. The Kier molecular flexibility index (Phi) is 8.45. The Hall–Kier alpha value is -4.53. The molecular weight excluding hydrogens is 439 g/mol. The van der Waals surface area contributed by atoms with Crippen LogP contribution in [0.4, 0.5) is 10.1 Å². The summed E-state index contributed by atoms with van der Waals surface area (Å²) in [5.41, 5.74) is 3.57. The number of rotatable bonds is 8. The lowest BCUT2D eigenvalue weighted by molar-refractivity contribution is -0.136. The first-order valence-corrected chi connectivity index (χ1v) is 10.4. The quantitative estimate of drug-likeness (QED) is 0.271. The minimum atomic E-state index is -1.05. The molecule has 0 bridgehead atoms. The molecule has 0 unspecified atom stereocenters. The fourth-order valence-electron chi connectivity index (χ4n) is 2.87. The first kappa shape index (κ1) is 24.1. The lowest BCUT2D eigenvalue weighted by Gasteiger charge is -2.14. The van der Waals surface area contributed by atoms with E-state index in [1.54, 1.807) is 24.3 Å². The summed E-state index contributed by atoms with van der Waals surface area (Å²) in [6.07, 6.45) is 1.33. The number of amides is 3. The van der Waals surface area contributed by atoms with Gasteiger partial charge in [-0.2, -0.15) is 5.10 Å². The smallest absolute Gasteiger partial charge is 0.329 e. The van der Waals surface area contributed by atoms with Crippen LogP contribution in [0.15, 0.2) is 84.0 Å². The Labute approximate surface area is 195 Å². The zero-order valence-corrected chi connectivity index (χ0v) is 18.3. The largest absolute Gasteiger partial charge is 0.484 e. The van der Waals surface area contributed by atoms with Crippen molar-refractivity contribution in [1.29, 1.82) is 0 Å². The van der Waals surface area contributed by atoms with E-state index < -0.39 is 17.6 Å². The van der Waals surface area contributed by atoms with Crippen LogP contribution in [-0.2, 0) is 14.4 Å². The van der Waals surface area contributed by atoms with E-state index in [2.05, 4.69) is 21.2 Å². The van der Waals surface area contributed by atoms with Crippen molar-refractivity contribution in [3.05, 3.63) is 95.8 Å². The molecule has 0 saturated carbocycles. The summed E-state index contributed by atoms with van der Waals surface area (Å²) in [6, 6.07) is 21.6. The SMILES string of the molecule is C[C@@H](NC(=O)COc1ccc(/C=N\NC(=O)C(=O)Nc2ccccc2F)cc1)c1ccccc1. The second-order valence-electron chi connectivity index (χ2n) is 7.19. The summed E-state index contributed by atoms with van der Waals surface area (Å²) in [5, 5.41) is 8.73. The second kappa shape index (κ2) is 11.9. The van der Waals surface area contributed by atoms with Gasteiger partial charge in [-0.3, -0.25) is 14.4 Å². The van der Waals surface area contributed by atoms with Crippen molar-refractivity contribution in [2.45, 2.75) is 13.0 Å². The number of nitrogens with one attached hydrogen (secondary N) is 3. The van der Waals surface area contributed by atoms with Gasteiger partial charge in [-0.1, -0.05) is 42.5 Å².